The maximum atomic E-state index is 12.7. The first-order chi connectivity index (χ1) is 52.1. The number of halogens is 4. The molecule has 5 fully saturated rings. The molecule has 5 aliphatic carbocycles. The van der Waals surface area contributed by atoms with Crippen molar-refractivity contribution in [1.82, 2.24) is 61.1 Å². The third-order valence-corrected chi connectivity index (χ3v) is 17.0. The summed E-state index contributed by atoms with van der Waals surface area (Å²) in [4.78, 5) is 117. The molecule has 2 aliphatic heterocycles. The Morgan fingerprint density at radius 2 is 1.12 bits per heavy atom. The van der Waals surface area contributed by atoms with Crippen LogP contribution in [0.4, 0.5) is 29.6 Å². The van der Waals surface area contributed by atoms with Crippen LogP contribution in [0.15, 0.2) is 70.5 Å². The fourth-order valence-corrected chi connectivity index (χ4v) is 10.1. The van der Waals surface area contributed by atoms with E-state index < -0.39 is 57.2 Å². The smallest absolute Gasteiger partial charge is 1.00 e. The molecule has 9 N–H and O–H groups in total. The maximum Gasteiger partial charge on any atom is 1.00 e. The number of ketones is 1. The molecule has 3 amide bonds. The second-order valence-corrected chi connectivity index (χ2v) is 33.5. The van der Waals surface area contributed by atoms with Crippen LogP contribution >= 0.6 is 0 Å². The van der Waals surface area contributed by atoms with Crippen molar-refractivity contribution in [3.05, 3.63) is 95.5 Å². The molecule has 634 valence electrons. The fourth-order valence-electron chi connectivity index (χ4n) is 10.1. The van der Waals surface area contributed by atoms with Gasteiger partial charge in [0, 0.05) is 107 Å². The maximum absolute atomic E-state index is 12.7. The van der Waals surface area contributed by atoms with Crippen LogP contribution in [-0.4, -0.2) is 211 Å². The van der Waals surface area contributed by atoms with E-state index in [1.807, 2.05) is 49.6 Å². The van der Waals surface area contributed by atoms with E-state index >= 15 is 0 Å². The Labute approximate surface area is 725 Å². The number of alkyl carbamates (subject to hydrolysis) is 1. The number of nitrogens with zero attached hydrogens (tertiary/aromatic N) is 10. The number of nitrogens with two attached hydrogens (primary N) is 1. The summed E-state index contributed by atoms with van der Waals surface area (Å²) in [6.07, 6.45) is 18.1. The van der Waals surface area contributed by atoms with Gasteiger partial charge in [-0.1, -0.05) is 70.9 Å². The van der Waals surface area contributed by atoms with Gasteiger partial charge in [-0.25, -0.2) is 49.9 Å². The number of nitrogens with one attached hydrogen (secondary N) is 4. The molecule has 39 heteroatoms. The molecule has 10 unspecified atom stereocenters. The first-order valence-corrected chi connectivity index (χ1v) is 39.1. The number of hydroxylamine groups is 5. The van der Waals surface area contributed by atoms with Gasteiger partial charge in [-0.3, -0.25) is 28.9 Å². The fraction of sp³-hybridized carbons (Fsp3) is 0.613. The second kappa shape index (κ2) is 49.4. The van der Waals surface area contributed by atoms with Crippen LogP contribution in [-0.2, 0) is 78.5 Å². The summed E-state index contributed by atoms with van der Waals surface area (Å²) in [6, 6.07) is 4.69. The number of fused-ring (bicyclic) bond motifs is 4. The standard InChI is InChI=1S/C18H16F3N5O2.C13H11N5O3.C9H17NO2.C7H13NO2.C6H11NO2.C5H8O2.C4H9N.C4H6O2.C4H9O.C3H9OS.C2H7NO.HI.K/c19-18(20,21)12-5-9(12)6-13(27)15-11-7-26(4-2-14(11)28-25-15)17-10-1-3-22-16(10)23-8-24-17;19-13(20)10-8-5-18(4-2-9(8)21-17-10)12-7-1-3-14-11(7)15-6-16-12;1-6-5-7(6)10-8(11)12-9(2,3)4;1-5-4-6(5)7(9)8(2)10-3;1-4-5-6(8)7(2)9-3;1-3-2-4(3)5(6)7;1-3-2-4(3)5;1-2-3-4(5)6;1-4(2,3)5;1-5(2,3)4;1-3-4-2;;/h1,3,8-9,12H,2,4-7H2,(H,22,23,24);1,3,6H,2,4-5H2,(H,19,20)(H,14,15,16);6-7H,5H2,1-4H3,(H,10,11);5-6H,4H2,1-3H3;4-5H,1-3H3;3-4H,2H2,1H3,(H,6,7);3-4H,2,5H2,1H3;2-3H,1H3,(H,5,6);2*1-3H3;3H,1-2H3;1H;/q;;;;;;;;-1;+1;;;+1/p-1/b;;;;5-4+;;;3-2+;;;;;. The van der Waals surface area contributed by atoms with Gasteiger partial charge in [0.2, 0.25) is 5.91 Å². The summed E-state index contributed by atoms with van der Waals surface area (Å²) in [7, 11) is 8.02. The van der Waals surface area contributed by atoms with Gasteiger partial charge in [-0.05, 0) is 108 Å². The topological polar surface area (TPSA) is 455 Å². The molecule has 114 heavy (non-hydrogen) atoms. The van der Waals surface area contributed by atoms with Crippen molar-refractivity contribution in [2.75, 3.05) is 84.1 Å². The molecule has 33 nitrogen and oxygen atoms in total. The first kappa shape index (κ1) is 105. The van der Waals surface area contributed by atoms with Crippen molar-refractivity contribution < 1.29 is 175 Å². The Morgan fingerprint density at radius 1 is 0.711 bits per heavy atom. The molecule has 6 aromatic rings. The quantitative estimate of drug-likeness (QED) is 0.0192. The van der Waals surface area contributed by atoms with Crippen LogP contribution in [0.3, 0.4) is 0 Å². The minimum Gasteiger partial charge on any atom is -1.00 e. The number of aliphatic carboxylic acids is 2. The molecule has 5 saturated carbocycles. The zero-order valence-corrected chi connectivity index (χ0v) is 75.6. The first-order valence-electron chi connectivity index (χ1n) is 36.4. The van der Waals surface area contributed by atoms with Gasteiger partial charge < -0.3 is 93.8 Å². The Hall–Kier alpha value is -6.90. The van der Waals surface area contributed by atoms with Crippen molar-refractivity contribution in [1.29, 1.82) is 0 Å². The number of H-pyrrole nitrogens is 2. The molecular formula is C75H116F3IKN15O18S. The van der Waals surface area contributed by atoms with Crippen LogP contribution in [0.25, 0.3) is 22.1 Å². The van der Waals surface area contributed by atoms with E-state index in [9.17, 15) is 56.0 Å². The van der Waals surface area contributed by atoms with E-state index in [1.54, 1.807) is 100 Å². The predicted octanol–water partition coefficient (Wildman–Crippen LogP) is 3.67. The molecule has 0 saturated heterocycles. The van der Waals surface area contributed by atoms with Gasteiger partial charge in [0.25, 0.3) is 5.91 Å². The number of allylic oxidation sites excluding steroid dienone is 2. The molecule has 7 aliphatic rings. The predicted molar refractivity (Wildman–Crippen MR) is 413 cm³/mol. The van der Waals surface area contributed by atoms with E-state index in [1.165, 1.54) is 50.5 Å². The van der Waals surface area contributed by atoms with Crippen LogP contribution < -0.4 is 107 Å². The number of hydrogen-bond acceptors (Lipinski definition) is 25. The van der Waals surface area contributed by atoms with Gasteiger partial charge in [0.1, 0.15) is 71.5 Å². The molecule has 6 aromatic heterocycles. The van der Waals surface area contributed by atoms with Gasteiger partial charge >= 0.3 is 81.6 Å². The summed E-state index contributed by atoms with van der Waals surface area (Å²) in [5, 5.41) is 49.8. The Morgan fingerprint density at radius 3 is 1.43 bits per heavy atom. The summed E-state index contributed by atoms with van der Waals surface area (Å²) in [6.45, 7) is 24.3. The zero-order valence-electron chi connectivity index (χ0n) is 69.5. The summed E-state index contributed by atoms with van der Waals surface area (Å²) < 4.78 is 63.9. The molecule has 0 aromatic carbocycles. The van der Waals surface area contributed by atoms with Crippen molar-refractivity contribution in [3.63, 3.8) is 0 Å². The van der Waals surface area contributed by atoms with Crippen molar-refractivity contribution in [2.45, 2.75) is 177 Å². The number of aromatic nitrogens is 8. The SMILES string of the molecule is C/C=C/C(=O)N(C)OC.C/C=C/C(=O)O.CC(C)(C)[O-].CC1CC1C(=O)O.CC1CC1N.CC1CC1NC(=O)OC(C)(C)C.CNOC.CON(C)C(=O)C1CC1C.C[S+](C)(C)=O.O=C(CC1CC1C(F)(F)F)c1noc2c1CN(c1ncnc3[nH]ccc13)CC2.O=C(O)c1noc2c1CN(c1ncnc3[nH]ccc13)CC2.[I-].[K+]. The molecule has 0 radical (unpaired) electrons. The normalized spacial score (nSPS) is 20.6. The number of rotatable bonds is 14. The number of likely N-dealkylation sites (N-methyl/N-ethyl adjacent to an activating group) is 1. The number of amides is 3. The number of aromatic amines is 2. The number of ether oxygens (including phenoxy) is 1. The number of Topliss-reactive ketones (excluding diaryl/α,β-unsaturated/α-hetero) is 1. The van der Waals surface area contributed by atoms with E-state index in [4.69, 9.17) is 39.7 Å². The van der Waals surface area contributed by atoms with E-state index in [0.29, 0.717) is 97.2 Å². The van der Waals surface area contributed by atoms with Gasteiger partial charge in [0.15, 0.2) is 17.2 Å². The Bertz CT molecular complexity index is 4080. The minimum absolute atomic E-state index is 0. The summed E-state index contributed by atoms with van der Waals surface area (Å²) in [5.74, 6) is 0.374. The monoisotopic (exact) mass is 1770 g/mol. The van der Waals surface area contributed by atoms with Gasteiger partial charge in [-0.2, -0.15) is 13.2 Å². The largest absolute Gasteiger partial charge is 1.00 e. The summed E-state index contributed by atoms with van der Waals surface area (Å²) >= 11 is 0. The third kappa shape index (κ3) is 39.8. The average Bonchev–Trinajstić information content (AvgIpc) is 1.83. The number of carbonyl (C=O) groups excluding carboxylic acids is 4. The van der Waals surface area contributed by atoms with Crippen LogP contribution in [0.5, 0.6) is 0 Å². The molecule has 8 heterocycles. The second-order valence-electron chi connectivity index (χ2n) is 30.1. The van der Waals surface area contributed by atoms with Crippen LogP contribution in [0.2, 0.25) is 0 Å². The third-order valence-electron chi connectivity index (χ3n) is 17.0. The molecular weight excluding hydrogens is 1650 g/mol. The van der Waals surface area contributed by atoms with E-state index in [-0.39, 0.29) is 135 Å². The number of hydrogen-bond donors (Lipinski definition) is 8. The number of carboxylic acid groups (broad SMARTS) is 3. The van der Waals surface area contributed by atoms with Crippen molar-refractivity contribution in [2.24, 2.45) is 53.1 Å². The Balaban J connectivity index is 0.000000672. The van der Waals surface area contributed by atoms with Gasteiger partial charge in [0.05, 0.1) is 67.0 Å². The van der Waals surface area contributed by atoms with Crippen LogP contribution in [0, 0.1) is 47.3 Å². The van der Waals surface area contributed by atoms with Crippen LogP contribution in [0.1, 0.15) is 165 Å². The minimum atomic E-state index is -4.24. The molecule has 10 atom stereocenters. The van der Waals surface area contributed by atoms with E-state index in [0.717, 1.165) is 64.4 Å². The zero-order chi connectivity index (χ0) is 84.9. The number of carboxylic acids is 3. The number of anilines is 2. The van der Waals surface area contributed by atoms with Gasteiger partial charge in [-0.15, -0.1) is 9.81 Å². The summed E-state index contributed by atoms with van der Waals surface area (Å²) in [5.41, 5.74) is 9.52. The number of carbonyl (C=O) groups is 7. The van der Waals surface area contributed by atoms with Crippen molar-refractivity contribution >= 4 is 85.2 Å². The number of alkyl halides is 3. The molecule has 0 bridgehead atoms. The van der Waals surface area contributed by atoms with Crippen molar-refractivity contribution in [3.8, 4) is 0 Å². The molecule has 13 rings (SSSR count). The number of aromatic carboxylic acids is 1. The average molecular weight is 1770 g/mol. The Kier molecular flexibility index (Phi) is 45.5. The van der Waals surface area contributed by atoms with E-state index in [2.05, 4.69) is 81.5 Å². The molecule has 0 spiro atoms.